The van der Waals surface area contributed by atoms with Crippen LogP contribution in [0.5, 0.6) is 0 Å². The SMILES string of the molecule is Cc1c(F)cc2nc3c(c4c2c1CCC4COCNC(=O)CNC(=O)C(Cc1ccccc1)NC(=O)CNC(=O)CNC(=O)CCc1ccc(N2C(=O)C=CC2=O)cc1)Cn1c-3cc2c(c1=O)COC(=O)C2O. The van der Waals surface area contributed by atoms with Crippen molar-refractivity contribution in [1.29, 1.82) is 0 Å². The monoisotopic (exact) mass is 996 g/mol. The van der Waals surface area contributed by atoms with E-state index in [2.05, 4.69) is 26.6 Å². The standard InChI is InChI=1S/C52H49FN8O12/c1-27-32-13-10-30(46-34-23-60-39(48(34)59-37(47(32)46)19-36(27)53)18-33-35(51(60)70)25-73-52(71)49(33)68)24-72-26-57-42(64)21-56-50(69)38(17-29-5-3-2-4-6-29)58-43(65)22-55-41(63)20-54-40(62)14-9-28-7-11-31(12-8-28)61-44(66)15-16-45(61)67/h2-8,11-12,15-16,18-19,30,38,49,68H,9-10,13-14,17,20-26H2,1H3,(H,54,62)(H,55,63)(H,56,69)(H,57,64)(H,58,65). The lowest BCUT2D eigenvalue weighted by molar-refractivity contribution is -0.157. The predicted octanol–water partition coefficient (Wildman–Crippen LogP) is 1.22. The molecule has 6 N–H and O–H groups in total. The Bertz CT molecular complexity index is 3190. The topological polar surface area (TPSA) is 274 Å². The Balaban J connectivity index is 0.754. The Morgan fingerprint density at radius 3 is 2.29 bits per heavy atom. The predicted molar refractivity (Wildman–Crippen MR) is 258 cm³/mol. The molecule has 3 aromatic carbocycles. The summed E-state index contributed by atoms with van der Waals surface area (Å²) in [5.74, 6) is -5.48. The van der Waals surface area contributed by atoms with Gasteiger partial charge in [-0.2, -0.15) is 0 Å². The van der Waals surface area contributed by atoms with Crippen LogP contribution in [0.3, 0.4) is 0 Å². The van der Waals surface area contributed by atoms with Gasteiger partial charge in [0.15, 0.2) is 6.10 Å². The summed E-state index contributed by atoms with van der Waals surface area (Å²) in [7, 11) is 0. The quantitative estimate of drug-likeness (QED) is 0.0307. The fourth-order valence-corrected chi connectivity index (χ4v) is 9.59. The zero-order valence-electron chi connectivity index (χ0n) is 39.4. The van der Waals surface area contributed by atoms with Crippen LogP contribution in [-0.4, -0.2) is 101 Å². The van der Waals surface area contributed by atoms with Crippen LogP contribution < -0.4 is 37.0 Å². The van der Waals surface area contributed by atoms with E-state index in [1.165, 1.54) is 22.8 Å². The normalized spacial score (nSPS) is 16.5. The van der Waals surface area contributed by atoms with E-state index in [1.54, 1.807) is 67.6 Å². The van der Waals surface area contributed by atoms with E-state index in [-0.39, 0.29) is 56.4 Å². The second kappa shape index (κ2) is 21.1. The molecule has 0 saturated carbocycles. The van der Waals surface area contributed by atoms with Crippen molar-refractivity contribution in [2.24, 2.45) is 0 Å². The molecule has 0 fully saturated rings. The van der Waals surface area contributed by atoms with Crippen LogP contribution in [0.1, 0.15) is 69.4 Å². The third kappa shape index (κ3) is 10.5. The summed E-state index contributed by atoms with van der Waals surface area (Å²) in [5, 5.41) is 24.1. The number of nitrogens with one attached hydrogen (secondary N) is 5. The molecule has 0 radical (unpaired) electrons. The van der Waals surface area contributed by atoms with Gasteiger partial charge in [-0.3, -0.25) is 38.4 Å². The third-order valence-electron chi connectivity index (χ3n) is 13.4. The van der Waals surface area contributed by atoms with Crippen molar-refractivity contribution >= 4 is 63.9 Å². The molecular formula is C52H49FN8O12. The Hall–Kier alpha value is -8.43. The number of fused-ring (bicyclic) bond motifs is 5. The number of aliphatic hydroxyl groups is 1. The number of amides is 7. The number of imide groups is 1. The van der Waals surface area contributed by atoms with Crippen LogP contribution in [-0.2, 0) is 80.2 Å². The van der Waals surface area contributed by atoms with Crippen molar-refractivity contribution in [2.75, 3.05) is 37.9 Å². The van der Waals surface area contributed by atoms with Gasteiger partial charge in [-0.05, 0) is 72.2 Å². The van der Waals surface area contributed by atoms with E-state index < -0.39 is 90.5 Å². The van der Waals surface area contributed by atoms with Crippen LogP contribution in [0.2, 0.25) is 0 Å². The maximum atomic E-state index is 15.3. The van der Waals surface area contributed by atoms with E-state index in [9.17, 15) is 48.3 Å². The average Bonchev–Trinajstić information content (AvgIpc) is 3.93. The molecule has 1 aliphatic carbocycles. The van der Waals surface area contributed by atoms with Crippen LogP contribution in [0, 0.1) is 12.7 Å². The van der Waals surface area contributed by atoms with Crippen LogP contribution in [0.15, 0.2) is 83.7 Å². The van der Waals surface area contributed by atoms with Crippen LogP contribution in [0.25, 0.3) is 22.3 Å². The summed E-state index contributed by atoms with van der Waals surface area (Å²) in [6.45, 7) is 0.0548. The van der Waals surface area contributed by atoms with Crippen molar-refractivity contribution < 1.29 is 57.3 Å². The molecule has 376 valence electrons. The lowest BCUT2D eigenvalue weighted by Crippen LogP contribution is -2.52. The van der Waals surface area contributed by atoms with Crippen LogP contribution in [0.4, 0.5) is 10.1 Å². The summed E-state index contributed by atoms with van der Waals surface area (Å²) >= 11 is 0. The molecule has 9 rings (SSSR count). The molecular weight excluding hydrogens is 948 g/mol. The first-order valence-electron chi connectivity index (χ1n) is 23.5. The van der Waals surface area contributed by atoms with Gasteiger partial charge in [0, 0.05) is 53.5 Å². The fraction of sp³-hybridized carbons (Fsp3) is 0.308. The number of benzene rings is 3. The number of nitrogens with zero attached hydrogens (tertiary/aromatic N) is 3. The number of aromatic nitrogens is 2. The number of ether oxygens (including phenoxy) is 2. The summed E-state index contributed by atoms with van der Waals surface area (Å²) in [4.78, 5) is 120. The highest BCUT2D eigenvalue weighted by atomic mass is 19.1. The molecule has 4 aliphatic rings. The summed E-state index contributed by atoms with van der Waals surface area (Å²) in [6.07, 6.45) is 2.21. The van der Waals surface area contributed by atoms with Crippen LogP contribution >= 0.6 is 0 Å². The second-order valence-corrected chi connectivity index (χ2v) is 18.0. The number of esters is 1. The number of carbonyl (C=O) groups excluding carboxylic acids is 8. The van der Waals surface area contributed by atoms with Crippen molar-refractivity contribution in [3.8, 4) is 11.4 Å². The van der Waals surface area contributed by atoms with E-state index in [0.29, 0.717) is 53.0 Å². The van der Waals surface area contributed by atoms with Gasteiger partial charge in [0.2, 0.25) is 29.5 Å². The summed E-state index contributed by atoms with van der Waals surface area (Å²) in [6, 6.07) is 17.2. The number of carbonyl (C=O) groups is 8. The van der Waals surface area contributed by atoms with Gasteiger partial charge in [-0.1, -0.05) is 42.5 Å². The van der Waals surface area contributed by atoms with E-state index in [1.807, 2.05) is 0 Å². The number of cyclic esters (lactones) is 1. The zero-order valence-corrected chi connectivity index (χ0v) is 39.4. The van der Waals surface area contributed by atoms with Gasteiger partial charge < -0.3 is 45.7 Å². The van der Waals surface area contributed by atoms with Crippen molar-refractivity contribution in [1.82, 2.24) is 36.1 Å². The van der Waals surface area contributed by atoms with Gasteiger partial charge in [0.25, 0.3) is 17.4 Å². The van der Waals surface area contributed by atoms with Gasteiger partial charge >= 0.3 is 5.97 Å². The van der Waals surface area contributed by atoms with Gasteiger partial charge in [-0.25, -0.2) is 19.1 Å². The maximum absolute atomic E-state index is 15.3. The number of halogens is 1. The molecule has 21 heteroatoms. The number of pyridine rings is 2. The number of aliphatic hydroxyl groups excluding tert-OH is 1. The highest BCUT2D eigenvalue weighted by Crippen LogP contribution is 2.46. The number of aryl methyl sites for hydroxylation is 2. The molecule has 5 aromatic rings. The average molecular weight is 997 g/mol. The molecule has 3 unspecified atom stereocenters. The molecule has 2 aromatic heterocycles. The van der Waals surface area contributed by atoms with Gasteiger partial charge in [0.1, 0.15) is 25.2 Å². The smallest absolute Gasteiger partial charge is 0.340 e. The highest BCUT2D eigenvalue weighted by Gasteiger charge is 2.37. The molecule has 0 spiro atoms. The third-order valence-corrected chi connectivity index (χ3v) is 13.4. The zero-order chi connectivity index (χ0) is 51.5. The lowest BCUT2D eigenvalue weighted by atomic mass is 9.78. The molecule has 73 heavy (non-hydrogen) atoms. The largest absolute Gasteiger partial charge is 0.458 e. The first kappa shape index (κ1) is 49.5. The first-order chi connectivity index (χ1) is 35.1. The molecule has 20 nitrogen and oxygen atoms in total. The van der Waals surface area contributed by atoms with Crippen molar-refractivity contribution in [3.63, 3.8) is 0 Å². The van der Waals surface area contributed by atoms with Crippen molar-refractivity contribution in [3.05, 3.63) is 140 Å². The molecule has 5 heterocycles. The minimum atomic E-state index is -1.64. The molecule has 0 bridgehead atoms. The number of hydrogen-bond acceptors (Lipinski definition) is 13. The minimum absolute atomic E-state index is 0.0359. The van der Waals surface area contributed by atoms with E-state index >= 15 is 4.39 Å². The summed E-state index contributed by atoms with van der Waals surface area (Å²) in [5.41, 5.74) is 5.81. The number of rotatable bonds is 18. The number of anilines is 1. The fourth-order valence-electron chi connectivity index (χ4n) is 9.59. The molecule has 3 aliphatic heterocycles. The van der Waals surface area contributed by atoms with Gasteiger partial charge in [-0.15, -0.1) is 0 Å². The Kier molecular flexibility index (Phi) is 14.3. The molecule has 0 saturated heterocycles. The van der Waals surface area contributed by atoms with E-state index in [4.69, 9.17) is 14.5 Å². The summed E-state index contributed by atoms with van der Waals surface area (Å²) < 4.78 is 27.8. The molecule has 3 atom stereocenters. The van der Waals surface area contributed by atoms with Gasteiger partial charge in [0.05, 0.1) is 60.9 Å². The second-order valence-electron chi connectivity index (χ2n) is 18.0. The Labute approximate surface area is 415 Å². The molecule has 7 amide bonds. The minimum Gasteiger partial charge on any atom is -0.458 e. The highest BCUT2D eigenvalue weighted by molar-refractivity contribution is 6.28. The van der Waals surface area contributed by atoms with Crippen molar-refractivity contribution in [2.45, 2.75) is 70.2 Å². The Morgan fingerprint density at radius 1 is 0.836 bits per heavy atom. The number of hydrogen-bond donors (Lipinski definition) is 6. The Morgan fingerprint density at radius 2 is 1.53 bits per heavy atom. The van der Waals surface area contributed by atoms with E-state index in [0.717, 1.165) is 32.5 Å². The first-order valence-corrected chi connectivity index (χ1v) is 23.5. The maximum Gasteiger partial charge on any atom is 0.340 e. The lowest BCUT2D eigenvalue weighted by Gasteiger charge is -2.29.